The van der Waals surface area contributed by atoms with Crippen molar-refractivity contribution in [3.05, 3.63) is 36.0 Å². The molecule has 0 bridgehead atoms. The predicted octanol–water partition coefficient (Wildman–Crippen LogP) is 2.31. The van der Waals surface area contributed by atoms with Crippen molar-refractivity contribution >= 4 is 40.8 Å². The van der Waals surface area contributed by atoms with E-state index in [-0.39, 0.29) is 24.0 Å². The van der Waals surface area contributed by atoms with Gasteiger partial charge in [0.25, 0.3) is 0 Å². The first-order valence-electron chi connectivity index (χ1n) is 9.67. The zero-order valence-corrected chi connectivity index (χ0v) is 18.3. The van der Waals surface area contributed by atoms with Crippen molar-refractivity contribution in [1.29, 1.82) is 0 Å². The Morgan fingerprint density at radius 2 is 2.07 bits per heavy atom. The van der Waals surface area contributed by atoms with Crippen LogP contribution in [0, 0.1) is 0 Å². The van der Waals surface area contributed by atoms with Crippen LogP contribution >= 0.6 is 24.0 Å². The summed E-state index contributed by atoms with van der Waals surface area (Å²) in [4.78, 5) is 12.8. The van der Waals surface area contributed by atoms with Gasteiger partial charge in [-0.3, -0.25) is 9.89 Å². The van der Waals surface area contributed by atoms with E-state index in [1.807, 2.05) is 7.05 Å². The molecule has 0 radical (unpaired) electrons. The van der Waals surface area contributed by atoms with Gasteiger partial charge in [0.15, 0.2) is 5.96 Å². The second kappa shape index (κ2) is 9.75. The van der Waals surface area contributed by atoms with Crippen molar-refractivity contribution in [1.82, 2.24) is 20.1 Å². The van der Waals surface area contributed by atoms with E-state index in [9.17, 15) is 0 Å². The number of hydrogen-bond acceptors (Lipinski definition) is 3. The van der Waals surface area contributed by atoms with E-state index < -0.39 is 0 Å². The minimum Gasteiger partial charge on any atom is -0.379 e. The average Bonchev–Trinajstić information content (AvgIpc) is 3.34. The van der Waals surface area contributed by atoms with Crippen LogP contribution in [0.25, 0.3) is 10.9 Å². The molecule has 2 aromatic rings. The first-order chi connectivity index (χ1) is 12.8. The molecule has 0 saturated carbocycles. The topological polar surface area (TPSA) is 55.9 Å². The molecule has 7 heteroatoms. The highest BCUT2D eigenvalue weighted by atomic mass is 127. The monoisotopic (exact) mass is 483 g/mol. The lowest BCUT2D eigenvalue weighted by Gasteiger charge is -2.32. The van der Waals surface area contributed by atoms with E-state index in [1.165, 1.54) is 22.9 Å². The number of aromatic nitrogens is 1. The number of aromatic amines is 1. The Bertz CT molecular complexity index is 756. The Morgan fingerprint density at radius 3 is 2.89 bits per heavy atom. The number of halogens is 1. The van der Waals surface area contributed by atoms with E-state index >= 15 is 0 Å². The number of likely N-dealkylation sites (tertiary alicyclic amines) is 1. The number of para-hydroxylation sites is 1. The van der Waals surface area contributed by atoms with Gasteiger partial charge in [-0.2, -0.15) is 0 Å². The predicted molar refractivity (Wildman–Crippen MR) is 121 cm³/mol. The molecular formula is C20H30IN5O. The molecule has 2 aliphatic heterocycles. The maximum Gasteiger partial charge on any atom is 0.193 e. The molecule has 1 aromatic heterocycles. The number of nitrogens with one attached hydrogen (secondary N) is 2. The molecule has 148 valence electrons. The van der Waals surface area contributed by atoms with Gasteiger partial charge in [0.05, 0.1) is 13.2 Å². The van der Waals surface area contributed by atoms with Crippen LogP contribution < -0.4 is 5.32 Å². The SMILES string of the molecule is CN=C(NCCc1c[nH]c2ccccc12)N1CCC(N2CCOCC2)C1.I. The van der Waals surface area contributed by atoms with Gasteiger partial charge in [-0.15, -0.1) is 24.0 Å². The Hall–Kier alpha value is -1.32. The Labute approximate surface area is 178 Å². The highest BCUT2D eigenvalue weighted by Gasteiger charge is 2.30. The summed E-state index contributed by atoms with van der Waals surface area (Å²) in [6.45, 7) is 6.90. The van der Waals surface area contributed by atoms with Crippen LogP contribution in [0.4, 0.5) is 0 Å². The lowest BCUT2D eigenvalue weighted by molar-refractivity contribution is 0.0195. The first-order valence-corrected chi connectivity index (χ1v) is 9.67. The van der Waals surface area contributed by atoms with Crippen molar-refractivity contribution in [2.45, 2.75) is 18.9 Å². The van der Waals surface area contributed by atoms with E-state index in [0.717, 1.165) is 58.3 Å². The molecule has 1 atom stereocenters. The van der Waals surface area contributed by atoms with Crippen LogP contribution in [0.3, 0.4) is 0 Å². The van der Waals surface area contributed by atoms with Crippen molar-refractivity contribution < 1.29 is 4.74 Å². The summed E-state index contributed by atoms with van der Waals surface area (Å²) in [6, 6.07) is 9.11. The third kappa shape index (κ3) is 4.75. The van der Waals surface area contributed by atoms with Gasteiger partial charge in [0.1, 0.15) is 0 Å². The van der Waals surface area contributed by atoms with Crippen LogP contribution in [0.15, 0.2) is 35.5 Å². The van der Waals surface area contributed by atoms with Crippen molar-refractivity contribution in [3.8, 4) is 0 Å². The molecule has 2 aliphatic rings. The van der Waals surface area contributed by atoms with Crippen molar-refractivity contribution in [2.24, 2.45) is 4.99 Å². The fraction of sp³-hybridized carbons (Fsp3) is 0.550. The fourth-order valence-corrected chi connectivity index (χ4v) is 4.15. The molecule has 4 rings (SSSR count). The van der Waals surface area contributed by atoms with Gasteiger partial charge < -0.3 is 19.9 Å². The second-order valence-corrected chi connectivity index (χ2v) is 7.12. The van der Waals surface area contributed by atoms with Crippen LogP contribution in [0.1, 0.15) is 12.0 Å². The Morgan fingerprint density at radius 1 is 1.26 bits per heavy atom. The maximum absolute atomic E-state index is 5.48. The van der Waals surface area contributed by atoms with E-state index in [2.05, 4.69) is 55.6 Å². The molecule has 2 fully saturated rings. The van der Waals surface area contributed by atoms with E-state index in [1.54, 1.807) is 0 Å². The van der Waals surface area contributed by atoms with Crippen LogP contribution in [-0.2, 0) is 11.2 Å². The summed E-state index contributed by atoms with van der Waals surface area (Å²) in [5.74, 6) is 1.03. The summed E-state index contributed by atoms with van der Waals surface area (Å²) < 4.78 is 5.48. The number of hydrogen-bond donors (Lipinski definition) is 2. The number of morpholine rings is 1. The summed E-state index contributed by atoms with van der Waals surface area (Å²) >= 11 is 0. The number of H-pyrrole nitrogens is 1. The highest BCUT2D eigenvalue weighted by molar-refractivity contribution is 14.0. The van der Waals surface area contributed by atoms with Crippen LogP contribution in [-0.4, -0.2) is 79.8 Å². The summed E-state index contributed by atoms with van der Waals surface area (Å²) in [5.41, 5.74) is 2.57. The Balaban J connectivity index is 0.00000210. The molecule has 27 heavy (non-hydrogen) atoms. The molecule has 1 unspecified atom stereocenters. The first kappa shape index (κ1) is 20.4. The highest BCUT2D eigenvalue weighted by Crippen LogP contribution is 2.19. The molecule has 3 heterocycles. The summed E-state index contributed by atoms with van der Waals surface area (Å²) in [7, 11) is 1.89. The zero-order chi connectivity index (χ0) is 17.8. The average molecular weight is 483 g/mol. The largest absolute Gasteiger partial charge is 0.379 e. The minimum absolute atomic E-state index is 0. The van der Waals surface area contributed by atoms with Crippen LogP contribution in [0.5, 0.6) is 0 Å². The summed E-state index contributed by atoms with van der Waals surface area (Å²) in [5, 5.41) is 4.87. The lowest BCUT2D eigenvalue weighted by Crippen LogP contribution is -2.46. The van der Waals surface area contributed by atoms with Crippen molar-refractivity contribution in [2.75, 3.05) is 53.0 Å². The van der Waals surface area contributed by atoms with Gasteiger partial charge in [-0.05, 0) is 24.5 Å². The van der Waals surface area contributed by atoms with Gasteiger partial charge in [-0.1, -0.05) is 18.2 Å². The molecule has 0 amide bonds. The third-order valence-corrected chi connectivity index (χ3v) is 5.59. The fourth-order valence-electron chi connectivity index (χ4n) is 4.15. The Kier molecular flexibility index (Phi) is 7.37. The quantitative estimate of drug-likeness (QED) is 0.398. The molecule has 2 saturated heterocycles. The van der Waals surface area contributed by atoms with E-state index in [0.29, 0.717) is 6.04 Å². The van der Waals surface area contributed by atoms with Gasteiger partial charge in [0, 0.05) is 62.9 Å². The normalized spacial score (nSPS) is 21.4. The third-order valence-electron chi connectivity index (χ3n) is 5.59. The lowest BCUT2D eigenvalue weighted by atomic mass is 10.1. The molecule has 0 aliphatic carbocycles. The molecule has 2 N–H and O–H groups in total. The number of benzene rings is 1. The van der Waals surface area contributed by atoms with Gasteiger partial charge in [-0.25, -0.2) is 0 Å². The number of guanidine groups is 1. The number of nitrogens with zero attached hydrogens (tertiary/aromatic N) is 3. The second-order valence-electron chi connectivity index (χ2n) is 7.12. The molecule has 0 spiro atoms. The zero-order valence-electron chi connectivity index (χ0n) is 16.0. The summed E-state index contributed by atoms with van der Waals surface area (Å²) in [6.07, 6.45) is 4.33. The van der Waals surface area contributed by atoms with Crippen LogP contribution in [0.2, 0.25) is 0 Å². The van der Waals surface area contributed by atoms with E-state index in [4.69, 9.17) is 4.74 Å². The molecular weight excluding hydrogens is 453 g/mol. The smallest absolute Gasteiger partial charge is 0.193 e. The number of aliphatic imine (C=N–C) groups is 1. The minimum atomic E-state index is 0. The number of ether oxygens (including phenoxy) is 1. The number of fused-ring (bicyclic) bond motifs is 1. The maximum atomic E-state index is 5.48. The van der Waals surface area contributed by atoms with Gasteiger partial charge >= 0.3 is 0 Å². The van der Waals surface area contributed by atoms with Crippen molar-refractivity contribution in [3.63, 3.8) is 0 Å². The molecule has 6 nitrogen and oxygen atoms in total. The molecule has 1 aromatic carbocycles. The number of rotatable bonds is 4. The van der Waals surface area contributed by atoms with Gasteiger partial charge in [0.2, 0.25) is 0 Å². The standard InChI is InChI=1S/C20H29N5O.HI/c1-21-20(25-9-7-17(15-25)24-10-12-26-13-11-24)22-8-6-16-14-23-19-5-3-2-4-18(16)19;/h2-5,14,17,23H,6-13,15H2,1H3,(H,21,22);1H.